The van der Waals surface area contributed by atoms with Crippen LogP contribution < -0.4 is 10.6 Å². The number of nitrogens with one attached hydrogen (secondary N) is 2. The molecule has 1 aliphatic carbocycles. The number of benzene rings is 2. The van der Waals surface area contributed by atoms with Gasteiger partial charge in [0.05, 0.1) is 15.6 Å². The van der Waals surface area contributed by atoms with Gasteiger partial charge < -0.3 is 5.32 Å². The monoisotopic (exact) mass is 362 g/mol. The predicted molar refractivity (Wildman–Crippen MR) is 96.0 cm³/mol. The molecule has 0 aromatic heterocycles. The van der Waals surface area contributed by atoms with Crippen molar-refractivity contribution in [3.8, 4) is 0 Å². The Labute approximate surface area is 150 Å². The Morgan fingerprint density at radius 3 is 2.29 bits per heavy atom. The number of fused-ring (bicyclic) bond motifs is 1. The fourth-order valence-electron chi connectivity index (χ4n) is 2.85. The summed E-state index contributed by atoms with van der Waals surface area (Å²) in [6.45, 7) is 0. The minimum atomic E-state index is -0.638. The van der Waals surface area contributed by atoms with Crippen LogP contribution in [0.15, 0.2) is 36.4 Å². The molecule has 24 heavy (non-hydrogen) atoms. The molecule has 0 bridgehead atoms. The van der Waals surface area contributed by atoms with Crippen molar-refractivity contribution in [3.05, 3.63) is 63.1 Å². The third-order valence-electron chi connectivity index (χ3n) is 4.02. The van der Waals surface area contributed by atoms with Crippen LogP contribution >= 0.6 is 23.2 Å². The molecule has 0 fully saturated rings. The van der Waals surface area contributed by atoms with Crippen LogP contribution in [0, 0.1) is 0 Å². The second-order valence-electron chi connectivity index (χ2n) is 5.70. The van der Waals surface area contributed by atoms with Gasteiger partial charge >= 0.3 is 6.03 Å². The highest BCUT2D eigenvalue weighted by atomic mass is 35.5. The van der Waals surface area contributed by atoms with Crippen LogP contribution in [0.2, 0.25) is 10.0 Å². The highest BCUT2D eigenvalue weighted by molar-refractivity contribution is 6.40. The molecular weight excluding hydrogens is 347 g/mol. The minimum absolute atomic E-state index is 0.0847. The summed E-state index contributed by atoms with van der Waals surface area (Å²) in [5.74, 6) is -0.638. The SMILES string of the molecule is O=C(NC(=O)c1c(Cl)cccc1Cl)Nc1ccc2c(c1)CCCC2. The lowest BCUT2D eigenvalue weighted by molar-refractivity contribution is 0.0967. The quantitative estimate of drug-likeness (QED) is 0.803. The third kappa shape index (κ3) is 3.71. The van der Waals surface area contributed by atoms with Gasteiger partial charge in [0.1, 0.15) is 0 Å². The Bertz CT molecular complexity index is 785. The minimum Gasteiger partial charge on any atom is -0.308 e. The van der Waals surface area contributed by atoms with Crippen molar-refractivity contribution in [2.24, 2.45) is 0 Å². The summed E-state index contributed by atoms with van der Waals surface area (Å²) in [5.41, 5.74) is 3.32. The number of hydrogen-bond donors (Lipinski definition) is 2. The van der Waals surface area contributed by atoms with Crippen molar-refractivity contribution >= 4 is 40.8 Å². The first-order chi connectivity index (χ1) is 11.5. The number of halogens is 2. The van der Waals surface area contributed by atoms with Gasteiger partial charge in [-0.2, -0.15) is 0 Å². The van der Waals surface area contributed by atoms with Gasteiger partial charge in [0.25, 0.3) is 5.91 Å². The second-order valence-corrected chi connectivity index (χ2v) is 6.51. The number of carbonyl (C=O) groups excluding carboxylic acids is 2. The summed E-state index contributed by atoms with van der Waals surface area (Å²) >= 11 is 11.9. The van der Waals surface area contributed by atoms with E-state index in [-0.39, 0.29) is 15.6 Å². The van der Waals surface area contributed by atoms with Crippen LogP contribution in [0.4, 0.5) is 10.5 Å². The summed E-state index contributed by atoms with van der Waals surface area (Å²) < 4.78 is 0. The molecule has 6 heteroatoms. The number of imide groups is 1. The highest BCUT2D eigenvalue weighted by Gasteiger charge is 2.17. The van der Waals surface area contributed by atoms with Crippen molar-refractivity contribution in [3.63, 3.8) is 0 Å². The third-order valence-corrected chi connectivity index (χ3v) is 4.65. The van der Waals surface area contributed by atoms with E-state index in [2.05, 4.69) is 10.6 Å². The molecule has 4 nitrogen and oxygen atoms in total. The average Bonchev–Trinajstić information content (AvgIpc) is 2.54. The molecule has 0 saturated heterocycles. The lowest BCUT2D eigenvalue weighted by Crippen LogP contribution is -2.34. The first-order valence-corrected chi connectivity index (χ1v) is 8.48. The Kier molecular flexibility index (Phi) is 5.07. The topological polar surface area (TPSA) is 58.2 Å². The lowest BCUT2D eigenvalue weighted by atomic mass is 9.91. The zero-order valence-corrected chi connectivity index (χ0v) is 14.4. The number of anilines is 1. The van der Waals surface area contributed by atoms with E-state index in [4.69, 9.17) is 23.2 Å². The molecular formula is C18H16Cl2N2O2. The number of hydrogen-bond acceptors (Lipinski definition) is 2. The summed E-state index contributed by atoms with van der Waals surface area (Å²) in [6.07, 6.45) is 4.45. The zero-order chi connectivity index (χ0) is 17.1. The Hall–Kier alpha value is -2.04. The molecule has 0 saturated carbocycles. The fraction of sp³-hybridized carbons (Fsp3) is 0.222. The van der Waals surface area contributed by atoms with Gasteiger partial charge in [0.2, 0.25) is 0 Å². The number of urea groups is 1. The van der Waals surface area contributed by atoms with Crippen LogP contribution in [0.25, 0.3) is 0 Å². The second kappa shape index (κ2) is 7.24. The Morgan fingerprint density at radius 2 is 1.58 bits per heavy atom. The normalized spacial score (nSPS) is 13.1. The largest absolute Gasteiger partial charge is 0.326 e. The standard InChI is InChI=1S/C18H16Cl2N2O2/c19-14-6-3-7-15(20)16(14)17(23)22-18(24)21-13-9-8-11-4-1-2-5-12(11)10-13/h3,6-10H,1-2,4-5H2,(H2,21,22,23,24). The van der Waals surface area contributed by atoms with E-state index in [9.17, 15) is 9.59 Å². The molecule has 2 aromatic rings. The van der Waals surface area contributed by atoms with E-state index in [1.165, 1.54) is 17.5 Å². The lowest BCUT2D eigenvalue weighted by Gasteiger charge is -2.17. The van der Waals surface area contributed by atoms with Crippen LogP contribution in [0.1, 0.15) is 34.3 Å². The maximum absolute atomic E-state index is 12.2. The van der Waals surface area contributed by atoms with Crippen LogP contribution in [0.5, 0.6) is 0 Å². The van der Waals surface area contributed by atoms with Crippen LogP contribution in [-0.4, -0.2) is 11.9 Å². The van der Waals surface area contributed by atoms with Gasteiger partial charge in [0, 0.05) is 5.69 Å². The molecule has 3 rings (SSSR count). The van der Waals surface area contributed by atoms with E-state index in [1.807, 2.05) is 18.2 Å². The zero-order valence-electron chi connectivity index (χ0n) is 12.9. The molecule has 2 N–H and O–H groups in total. The van der Waals surface area contributed by atoms with Crippen LogP contribution in [-0.2, 0) is 12.8 Å². The van der Waals surface area contributed by atoms with E-state index >= 15 is 0 Å². The molecule has 0 radical (unpaired) electrons. The summed E-state index contributed by atoms with van der Waals surface area (Å²) in [5, 5.41) is 5.31. The predicted octanol–water partition coefficient (Wildman–Crippen LogP) is 4.83. The fourth-order valence-corrected chi connectivity index (χ4v) is 3.42. The highest BCUT2D eigenvalue weighted by Crippen LogP contribution is 2.25. The molecule has 0 spiro atoms. The van der Waals surface area contributed by atoms with E-state index in [0.717, 1.165) is 19.3 Å². The first-order valence-electron chi connectivity index (χ1n) is 7.73. The van der Waals surface area contributed by atoms with E-state index in [0.29, 0.717) is 5.69 Å². The Morgan fingerprint density at radius 1 is 0.917 bits per heavy atom. The van der Waals surface area contributed by atoms with Crippen molar-refractivity contribution in [1.82, 2.24) is 5.32 Å². The van der Waals surface area contributed by atoms with Crippen molar-refractivity contribution < 1.29 is 9.59 Å². The van der Waals surface area contributed by atoms with Gasteiger partial charge in [-0.25, -0.2) is 4.79 Å². The maximum atomic E-state index is 12.2. The molecule has 0 atom stereocenters. The molecule has 2 aromatic carbocycles. The molecule has 0 heterocycles. The van der Waals surface area contributed by atoms with Gasteiger partial charge in [-0.05, 0) is 61.1 Å². The van der Waals surface area contributed by atoms with Crippen molar-refractivity contribution in [1.29, 1.82) is 0 Å². The van der Waals surface area contributed by atoms with Crippen LogP contribution in [0.3, 0.4) is 0 Å². The number of aryl methyl sites for hydroxylation is 2. The number of rotatable bonds is 2. The number of carbonyl (C=O) groups is 2. The summed E-state index contributed by atoms with van der Waals surface area (Å²) in [4.78, 5) is 24.2. The van der Waals surface area contributed by atoms with Crippen molar-refractivity contribution in [2.45, 2.75) is 25.7 Å². The van der Waals surface area contributed by atoms with Crippen molar-refractivity contribution in [2.75, 3.05) is 5.32 Å². The maximum Gasteiger partial charge on any atom is 0.326 e. The van der Waals surface area contributed by atoms with Gasteiger partial charge in [-0.1, -0.05) is 35.3 Å². The average molecular weight is 363 g/mol. The summed E-state index contributed by atoms with van der Waals surface area (Å²) in [6, 6.07) is 9.93. The molecule has 3 amide bonds. The molecule has 0 unspecified atom stereocenters. The molecule has 0 aliphatic heterocycles. The van der Waals surface area contributed by atoms with E-state index in [1.54, 1.807) is 18.2 Å². The smallest absolute Gasteiger partial charge is 0.308 e. The van der Waals surface area contributed by atoms with Gasteiger partial charge in [-0.3, -0.25) is 10.1 Å². The molecule has 1 aliphatic rings. The number of amides is 3. The van der Waals surface area contributed by atoms with E-state index < -0.39 is 11.9 Å². The van der Waals surface area contributed by atoms with Gasteiger partial charge in [0.15, 0.2) is 0 Å². The van der Waals surface area contributed by atoms with Gasteiger partial charge in [-0.15, -0.1) is 0 Å². The molecule has 124 valence electrons. The Balaban J connectivity index is 1.68. The first kappa shape index (κ1) is 16.8. The summed E-state index contributed by atoms with van der Waals surface area (Å²) in [7, 11) is 0.